The summed E-state index contributed by atoms with van der Waals surface area (Å²) in [5.41, 5.74) is 0. The maximum atomic E-state index is 5.69. The van der Waals surface area contributed by atoms with Crippen molar-refractivity contribution >= 4 is 5.96 Å². The van der Waals surface area contributed by atoms with Gasteiger partial charge in [-0.1, -0.05) is 13.8 Å². The molecule has 1 aliphatic rings. The Morgan fingerprint density at radius 1 is 1.36 bits per heavy atom. The maximum Gasteiger partial charge on any atom is 0.191 e. The smallest absolute Gasteiger partial charge is 0.191 e. The van der Waals surface area contributed by atoms with Crippen LogP contribution in [0.25, 0.3) is 0 Å². The number of aliphatic imine (C=N–C) groups is 1. The molecule has 1 fully saturated rings. The van der Waals surface area contributed by atoms with Crippen LogP contribution in [0.15, 0.2) is 27.8 Å². The van der Waals surface area contributed by atoms with Crippen LogP contribution >= 0.6 is 0 Å². The molecular formula is C19H33N3O3. The lowest BCUT2D eigenvalue weighted by Gasteiger charge is -2.14. The van der Waals surface area contributed by atoms with Crippen LogP contribution in [0.1, 0.15) is 38.9 Å². The van der Waals surface area contributed by atoms with Crippen molar-refractivity contribution in [2.24, 2.45) is 10.9 Å². The Morgan fingerprint density at radius 3 is 2.96 bits per heavy atom. The standard InChI is InChI=1S/C19H33N3O3/c1-16(2)14-22-19(21-10-8-17-6-3-12-24-17)20-9-5-11-23-15-18-7-4-13-25-18/h3,6,12,16,18H,4-5,7-11,13-15H2,1-2H3,(H2,20,21,22). The van der Waals surface area contributed by atoms with E-state index in [9.17, 15) is 0 Å². The molecule has 2 rings (SSSR count). The predicted octanol–water partition coefficient (Wildman–Crippen LogP) is 2.60. The van der Waals surface area contributed by atoms with Crippen LogP contribution < -0.4 is 10.6 Å². The Morgan fingerprint density at radius 2 is 2.24 bits per heavy atom. The van der Waals surface area contributed by atoms with Gasteiger partial charge in [0.15, 0.2) is 5.96 Å². The summed E-state index contributed by atoms with van der Waals surface area (Å²) in [5, 5.41) is 6.75. The molecule has 0 bridgehead atoms. The molecule has 0 aromatic carbocycles. The molecule has 1 aromatic heterocycles. The zero-order valence-electron chi connectivity index (χ0n) is 15.6. The molecule has 25 heavy (non-hydrogen) atoms. The Labute approximate surface area is 151 Å². The monoisotopic (exact) mass is 351 g/mol. The summed E-state index contributed by atoms with van der Waals surface area (Å²) < 4.78 is 16.6. The predicted molar refractivity (Wildman–Crippen MR) is 100.0 cm³/mol. The van der Waals surface area contributed by atoms with Gasteiger partial charge in [-0.25, -0.2) is 0 Å². The lowest BCUT2D eigenvalue weighted by Crippen LogP contribution is -2.39. The van der Waals surface area contributed by atoms with Crippen LogP contribution in [-0.4, -0.2) is 51.5 Å². The van der Waals surface area contributed by atoms with Crippen molar-refractivity contribution in [2.45, 2.75) is 45.6 Å². The van der Waals surface area contributed by atoms with Crippen LogP contribution in [0.2, 0.25) is 0 Å². The van der Waals surface area contributed by atoms with E-state index in [0.29, 0.717) is 12.0 Å². The number of hydrogen-bond acceptors (Lipinski definition) is 4. The van der Waals surface area contributed by atoms with Crippen molar-refractivity contribution < 1.29 is 13.9 Å². The molecular weight excluding hydrogens is 318 g/mol. The van der Waals surface area contributed by atoms with E-state index < -0.39 is 0 Å². The quantitative estimate of drug-likeness (QED) is 0.364. The van der Waals surface area contributed by atoms with Gasteiger partial charge >= 0.3 is 0 Å². The molecule has 0 saturated carbocycles. The van der Waals surface area contributed by atoms with Gasteiger partial charge in [0.2, 0.25) is 0 Å². The molecule has 1 saturated heterocycles. The van der Waals surface area contributed by atoms with Gasteiger partial charge in [0.25, 0.3) is 0 Å². The van der Waals surface area contributed by atoms with Gasteiger partial charge in [-0.15, -0.1) is 0 Å². The molecule has 1 aromatic rings. The lowest BCUT2D eigenvalue weighted by molar-refractivity contribution is 0.0168. The van der Waals surface area contributed by atoms with Crippen LogP contribution in [0, 0.1) is 5.92 Å². The van der Waals surface area contributed by atoms with E-state index >= 15 is 0 Å². The van der Waals surface area contributed by atoms with Crippen LogP contribution in [0.3, 0.4) is 0 Å². The third-order valence-corrected chi connectivity index (χ3v) is 3.94. The molecule has 0 spiro atoms. The Hall–Kier alpha value is -1.53. The molecule has 0 radical (unpaired) electrons. The number of nitrogens with zero attached hydrogens (tertiary/aromatic N) is 1. The maximum absolute atomic E-state index is 5.69. The van der Waals surface area contributed by atoms with Crippen molar-refractivity contribution in [2.75, 3.05) is 39.5 Å². The highest BCUT2D eigenvalue weighted by Crippen LogP contribution is 2.11. The SMILES string of the molecule is CC(C)CN=C(NCCCOCC1CCCO1)NCCc1ccco1. The molecule has 1 unspecified atom stereocenters. The molecule has 2 N–H and O–H groups in total. The summed E-state index contributed by atoms with van der Waals surface area (Å²) in [7, 11) is 0. The molecule has 6 nitrogen and oxygen atoms in total. The fourth-order valence-corrected chi connectivity index (χ4v) is 2.58. The van der Waals surface area contributed by atoms with Gasteiger partial charge in [-0.2, -0.15) is 0 Å². The van der Waals surface area contributed by atoms with Gasteiger partial charge in [-0.05, 0) is 37.3 Å². The van der Waals surface area contributed by atoms with Crippen molar-refractivity contribution in [1.82, 2.24) is 10.6 Å². The minimum atomic E-state index is 0.305. The summed E-state index contributed by atoms with van der Waals surface area (Å²) in [6.07, 6.45) is 6.10. The largest absolute Gasteiger partial charge is 0.469 e. The first-order valence-electron chi connectivity index (χ1n) is 9.48. The average molecular weight is 351 g/mol. The molecule has 1 atom stereocenters. The third kappa shape index (κ3) is 8.93. The van der Waals surface area contributed by atoms with Gasteiger partial charge in [-0.3, -0.25) is 4.99 Å². The number of rotatable bonds is 11. The molecule has 1 aliphatic heterocycles. The van der Waals surface area contributed by atoms with Crippen molar-refractivity contribution in [1.29, 1.82) is 0 Å². The van der Waals surface area contributed by atoms with Crippen molar-refractivity contribution in [3.05, 3.63) is 24.2 Å². The minimum Gasteiger partial charge on any atom is -0.469 e. The lowest BCUT2D eigenvalue weighted by atomic mass is 10.2. The van der Waals surface area contributed by atoms with E-state index in [1.165, 1.54) is 0 Å². The number of furan rings is 1. The topological polar surface area (TPSA) is 68.0 Å². The van der Waals surface area contributed by atoms with Crippen molar-refractivity contribution in [3.63, 3.8) is 0 Å². The second-order valence-electron chi connectivity index (χ2n) is 6.83. The van der Waals surface area contributed by atoms with Crippen molar-refractivity contribution in [3.8, 4) is 0 Å². The molecule has 0 amide bonds. The summed E-state index contributed by atoms with van der Waals surface area (Å²) >= 11 is 0. The molecule has 2 heterocycles. The van der Waals surface area contributed by atoms with Crippen LogP contribution in [0.4, 0.5) is 0 Å². The van der Waals surface area contributed by atoms with E-state index in [1.54, 1.807) is 6.26 Å². The summed E-state index contributed by atoms with van der Waals surface area (Å²) in [4.78, 5) is 4.63. The van der Waals surface area contributed by atoms with Crippen LogP contribution in [0.5, 0.6) is 0 Å². The van der Waals surface area contributed by atoms with Crippen LogP contribution in [-0.2, 0) is 15.9 Å². The zero-order valence-corrected chi connectivity index (χ0v) is 15.6. The number of hydrogen-bond donors (Lipinski definition) is 2. The highest BCUT2D eigenvalue weighted by Gasteiger charge is 2.14. The fourth-order valence-electron chi connectivity index (χ4n) is 2.58. The van der Waals surface area contributed by atoms with E-state index in [2.05, 4.69) is 29.5 Å². The first kappa shape index (κ1) is 19.8. The summed E-state index contributed by atoms with van der Waals surface area (Å²) in [6.45, 7) is 9.14. The molecule has 142 valence electrons. The number of ether oxygens (including phenoxy) is 2. The second-order valence-corrected chi connectivity index (χ2v) is 6.83. The van der Waals surface area contributed by atoms with Gasteiger partial charge in [0.1, 0.15) is 5.76 Å². The third-order valence-electron chi connectivity index (χ3n) is 3.94. The minimum absolute atomic E-state index is 0.305. The Kier molecular flexibility index (Phi) is 9.44. The zero-order chi connectivity index (χ0) is 17.7. The first-order valence-corrected chi connectivity index (χ1v) is 9.48. The molecule has 0 aliphatic carbocycles. The second kappa shape index (κ2) is 11.9. The highest BCUT2D eigenvalue weighted by molar-refractivity contribution is 5.79. The van der Waals surface area contributed by atoms with Gasteiger partial charge in [0.05, 0.1) is 19.0 Å². The number of nitrogens with one attached hydrogen (secondary N) is 2. The normalized spacial score (nSPS) is 18.0. The van der Waals surface area contributed by atoms with E-state index in [0.717, 1.165) is 76.9 Å². The van der Waals surface area contributed by atoms with Gasteiger partial charge in [0, 0.05) is 39.3 Å². The van der Waals surface area contributed by atoms with E-state index in [1.807, 2.05) is 12.1 Å². The average Bonchev–Trinajstić information content (AvgIpc) is 3.28. The van der Waals surface area contributed by atoms with E-state index in [-0.39, 0.29) is 0 Å². The first-order chi connectivity index (χ1) is 12.2. The summed E-state index contributed by atoms with van der Waals surface area (Å²) in [5.74, 6) is 2.39. The highest BCUT2D eigenvalue weighted by atomic mass is 16.5. The van der Waals surface area contributed by atoms with E-state index in [4.69, 9.17) is 13.9 Å². The summed E-state index contributed by atoms with van der Waals surface area (Å²) in [6, 6.07) is 3.91. The Bertz CT molecular complexity index is 468. The van der Waals surface area contributed by atoms with Gasteiger partial charge < -0.3 is 24.5 Å². The Balaban J connectivity index is 1.58. The molecule has 6 heteroatoms. The fraction of sp³-hybridized carbons (Fsp3) is 0.737. The number of guanidine groups is 1.